The second-order valence-electron chi connectivity index (χ2n) is 4.29. The van der Waals surface area contributed by atoms with E-state index in [4.69, 9.17) is 4.74 Å². The first-order valence-electron chi connectivity index (χ1n) is 6.20. The van der Waals surface area contributed by atoms with E-state index in [1.54, 1.807) is 11.7 Å². The molecule has 0 unspecified atom stereocenters. The van der Waals surface area contributed by atoms with Crippen molar-refractivity contribution in [2.75, 3.05) is 7.11 Å². The van der Waals surface area contributed by atoms with Crippen molar-refractivity contribution in [3.8, 4) is 22.7 Å². The first kappa shape index (κ1) is 12.7. The van der Waals surface area contributed by atoms with Crippen LogP contribution in [0.25, 0.3) is 16.9 Å². The molecule has 3 rings (SSSR count). The highest BCUT2D eigenvalue weighted by molar-refractivity contribution is 7.07. The van der Waals surface area contributed by atoms with Gasteiger partial charge in [-0.3, -0.25) is 9.36 Å². The maximum Gasteiger partial charge on any atom is 0.312 e. The Bertz CT molecular complexity index is 757. The van der Waals surface area contributed by atoms with Gasteiger partial charge in [-0.15, -0.1) is 0 Å². The number of methoxy groups -OCH3 is 1. The summed E-state index contributed by atoms with van der Waals surface area (Å²) in [4.78, 5) is 12.1. The molecule has 0 bridgehead atoms. The highest BCUT2D eigenvalue weighted by Gasteiger charge is 2.10. The molecule has 3 aromatic rings. The van der Waals surface area contributed by atoms with E-state index in [9.17, 15) is 4.79 Å². The number of rotatable bonds is 3. The smallest absolute Gasteiger partial charge is 0.312 e. The molecular weight excluding hydrogens is 270 g/mol. The summed E-state index contributed by atoms with van der Waals surface area (Å²) in [6, 6.07) is 17.4. The van der Waals surface area contributed by atoms with E-state index in [2.05, 4.69) is 0 Å². The summed E-state index contributed by atoms with van der Waals surface area (Å²) in [5.41, 5.74) is 2.77. The Hall–Kier alpha value is -2.33. The Morgan fingerprint density at radius 1 is 1.00 bits per heavy atom. The summed E-state index contributed by atoms with van der Waals surface area (Å²) >= 11 is 1.21. The molecule has 20 heavy (non-hydrogen) atoms. The third-order valence-electron chi connectivity index (χ3n) is 3.10. The van der Waals surface area contributed by atoms with Gasteiger partial charge in [0, 0.05) is 5.38 Å². The van der Waals surface area contributed by atoms with Crippen molar-refractivity contribution in [3.63, 3.8) is 0 Å². The standard InChI is InChI=1S/C16H13NO2S/c1-19-14-9-7-12(8-10-14)15-11-20-16(18)17(15)13-5-3-2-4-6-13/h2-11H,1H3. The number of nitrogens with zero attached hydrogens (tertiary/aromatic N) is 1. The van der Waals surface area contributed by atoms with Crippen molar-refractivity contribution in [2.24, 2.45) is 0 Å². The van der Waals surface area contributed by atoms with Crippen LogP contribution in [0, 0.1) is 0 Å². The summed E-state index contributed by atoms with van der Waals surface area (Å²) in [5.74, 6) is 0.803. The number of hydrogen-bond donors (Lipinski definition) is 0. The SMILES string of the molecule is COc1ccc(-c2csc(=O)n2-c2ccccc2)cc1. The van der Waals surface area contributed by atoms with Crippen LogP contribution in [-0.4, -0.2) is 11.7 Å². The molecule has 3 nitrogen and oxygen atoms in total. The molecule has 100 valence electrons. The van der Waals surface area contributed by atoms with E-state index in [1.807, 2.05) is 60.0 Å². The lowest BCUT2D eigenvalue weighted by Crippen LogP contribution is -2.11. The molecule has 1 heterocycles. The summed E-state index contributed by atoms with van der Waals surface area (Å²) in [6.45, 7) is 0. The minimum absolute atomic E-state index is 0.0158. The van der Waals surface area contributed by atoms with Gasteiger partial charge in [0.25, 0.3) is 0 Å². The van der Waals surface area contributed by atoms with Crippen LogP contribution in [0.4, 0.5) is 0 Å². The van der Waals surface area contributed by atoms with Crippen molar-refractivity contribution in [3.05, 3.63) is 69.6 Å². The molecule has 0 saturated carbocycles. The molecule has 2 aromatic carbocycles. The highest BCUT2D eigenvalue weighted by atomic mass is 32.1. The molecule has 0 saturated heterocycles. The Morgan fingerprint density at radius 3 is 2.35 bits per heavy atom. The zero-order chi connectivity index (χ0) is 13.9. The molecule has 1 aromatic heterocycles. The fourth-order valence-electron chi connectivity index (χ4n) is 2.09. The number of thiazole rings is 1. The molecule has 0 atom stereocenters. The molecule has 0 aliphatic carbocycles. The molecule has 0 aliphatic heterocycles. The van der Waals surface area contributed by atoms with E-state index in [0.717, 1.165) is 22.7 Å². The summed E-state index contributed by atoms with van der Waals surface area (Å²) < 4.78 is 6.89. The average molecular weight is 283 g/mol. The normalized spacial score (nSPS) is 10.4. The van der Waals surface area contributed by atoms with E-state index < -0.39 is 0 Å². The molecule has 0 radical (unpaired) electrons. The van der Waals surface area contributed by atoms with Crippen LogP contribution in [-0.2, 0) is 0 Å². The molecule has 0 N–H and O–H groups in total. The number of benzene rings is 2. The van der Waals surface area contributed by atoms with Crippen molar-refractivity contribution in [1.82, 2.24) is 4.57 Å². The lowest BCUT2D eigenvalue weighted by molar-refractivity contribution is 0.415. The third-order valence-corrected chi connectivity index (χ3v) is 3.82. The first-order valence-corrected chi connectivity index (χ1v) is 7.08. The largest absolute Gasteiger partial charge is 0.497 e. The van der Waals surface area contributed by atoms with E-state index in [0.29, 0.717) is 0 Å². The maximum absolute atomic E-state index is 12.1. The van der Waals surface area contributed by atoms with Gasteiger partial charge in [-0.05, 0) is 42.0 Å². The van der Waals surface area contributed by atoms with Crippen LogP contribution in [0.2, 0.25) is 0 Å². The van der Waals surface area contributed by atoms with Crippen molar-refractivity contribution >= 4 is 11.3 Å². The second kappa shape index (κ2) is 5.35. The Morgan fingerprint density at radius 2 is 1.70 bits per heavy atom. The number of hydrogen-bond acceptors (Lipinski definition) is 3. The van der Waals surface area contributed by atoms with Crippen LogP contribution >= 0.6 is 11.3 Å². The highest BCUT2D eigenvalue weighted by Crippen LogP contribution is 2.25. The van der Waals surface area contributed by atoms with Gasteiger partial charge >= 0.3 is 4.87 Å². The number of ether oxygens (including phenoxy) is 1. The van der Waals surface area contributed by atoms with Crippen LogP contribution in [0.1, 0.15) is 0 Å². The van der Waals surface area contributed by atoms with Crippen molar-refractivity contribution in [2.45, 2.75) is 0 Å². The summed E-state index contributed by atoms with van der Waals surface area (Å²) in [6.07, 6.45) is 0. The minimum atomic E-state index is 0.0158. The van der Waals surface area contributed by atoms with Crippen LogP contribution in [0.3, 0.4) is 0 Å². The number of aromatic nitrogens is 1. The van der Waals surface area contributed by atoms with E-state index in [-0.39, 0.29) is 4.87 Å². The average Bonchev–Trinajstić information content (AvgIpc) is 2.90. The van der Waals surface area contributed by atoms with Gasteiger partial charge in [0.1, 0.15) is 5.75 Å². The van der Waals surface area contributed by atoms with E-state index in [1.165, 1.54) is 11.3 Å². The van der Waals surface area contributed by atoms with Crippen LogP contribution in [0.5, 0.6) is 5.75 Å². The third kappa shape index (κ3) is 2.26. The summed E-state index contributed by atoms with van der Waals surface area (Å²) in [5, 5.41) is 1.89. The van der Waals surface area contributed by atoms with Crippen molar-refractivity contribution < 1.29 is 4.74 Å². The van der Waals surface area contributed by atoms with E-state index >= 15 is 0 Å². The zero-order valence-electron chi connectivity index (χ0n) is 10.9. The molecule has 0 spiro atoms. The maximum atomic E-state index is 12.1. The van der Waals surface area contributed by atoms with Gasteiger partial charge < -0.3 is 4.74 Å². The van der Waals surface area contributed by atoms with Gasteiger partial charge in [0.05, 0.1) is 18.5 Å². The van der Waals surface area contributed by atoms with Gasteiger partial charge in [-0.2, -0.15) is 0 Å². The lowest BCUT2D eigenvalue weighted by Gasteiger charge is -2.08. The molecule has 0 aliphatic rings. The fourth-order valence-corrected chi connectivity index (χ4v) is 2.85. The zero-order valence-corrected chi connectivity index (χ0v) is 11.8. The predicted octanol–water partition coefficient (Wildman–Crippen LogP) is 3.57. The van der Waals surface area contributed by atoms with Crippen molar-refractivity contribution in [1.29, 1.82) is 0 Å². The van der Waals surface area contributed by atoms with Crippen LogP contribution in [0.15, 0.2) is 64.8 Å². The Kier molecular flexibility index (Phi) is 3.39. The lowest BCUT2D eigenvalue weighted by atomic mass is 10.1. The summed E-state index contributed by atoms with van der Waals surface area (Å²) in [7, 11) is 1.64. The monoisotopic (exact) mass is 283 g/mol. The topological polar surface area (TPSA) is 31.2 Å². The Labute approximate surface area is 120 Å². The van der Waals surface area contributed by atoms with Gasteiger partial charge in [-0.1, -0.05) is 29.5 Å². The quantitative estimate of drug-likeness (QED) is 0.735. The predicted molar refractivity (Wildman–Crippen MR) is 81.9 cm³/mol. The fraction of sp³-hybridized carbons (Fsp3) is 0.0625. The molecule has 4 heteroatoms. The number of para-hydroxylation sites is 1. The molecule has 0 fully saturated rings. The Balaban J connectivity index is 2.13. The second-order valence-corrected chi connectivity index (χ2v) is 5.11. The van der Waals surface area contributed by atoms with Crippen LogP contribution < -0.4 is 9.61 Å². The minimum Gasteiger partial charge on any atom is -0.497 e. The van der Waals surface area contributed by atoms with Gasteiger partial charge in [0.15, 0.2) is 0 Å². The molecular formula is C16H13NO2S. The van der Waals surface area contributed by atoms with Gasteiger partial charge in [-0.25, -0.2) is 0 Å². The molecule has 0 amide bonds. The first-order chi connectivity index (χ1) is 9.79. The van der Waals surface area contributed by atoms with Gasteiger partial charge in [0.2, 0.25) is 0 Å².